The van der Waals surface area contributed by atoms with Crippen molar-refractivity contribution in [2.24, 2.45) is 0 Å². The summed E-state index contributed by atoms with van der Waals surface area (Å²) in [6, 6.07) is 9.09. The summed E-state index contributed by atoms with van der Waals surface area (Å²) in [6.45, 7) is 6.18. The lowest BCUT2D eigenvalue weighted by Crippen LogP contribution is -2.47. The van der Waals surface area contributed by atoms with Gasteiger partial charge in [0.25, 0.3) is 5.56 Å². The van der Waals surface area contributed by atoms with Crippen LogP contribution in [0.5, 0.6) is 11.5 Å². The number of rotatable bonds is 7. The lowest BCUT2D eigenvalue weighted by Gasteiger charge is -2.38. The number of benzene rings is 1. The van der Waals surface area contributed by atoms with Crippen molar-refractivity contribution < 1.29 is 14.6 Å². The highest BCUT2D eigenvalue weighted by atomic mass is 16.5. The van der Waals surface area contributed by atoms with Gasteiger partial charge in [-0.3, -0.25) is 9.69 Å². The number of methoxy groups -OCH3 is 2. The van der Waals surface area contributed by atoms with E-state index in [-0.39, 0.29) is 17.4 Å². The number of hydrogen-bond acceptors (Lipinski definition) is 6. The van der Waals surface area contributed by atoms with Gasteiger partial charge in [-0.1, -0.05) is 12.1 Å². The van der Waals surface area contributed by atoms with E-state index in [1.54, 1.807) is 24.9 Å². The molecule has 158 valence electrons. The molecule has 1 aliphatic heterocycles. The van der Waals surface area contributed by atoms with Gasteiger partial charge in [-0.15, -0.1) is 0 Å². The zero-order valence-electron chi connectivity index (χ0n) is 17.7. The molecule has 1 N–H and O–H groups in total. The van der Waals surface area contributed by atoms with E-state index in [0.717, 1.165) is 43.2 Å². The Morgan fingerprint density at radius 1 is 1.10 bits per heavy atom. The van der Waals surface area contributed by atoms with Crippen molar-refractivity contribution in [3.63, 3.8) is 0 Å². The average Bonchev–Trinajstić information content (AvgIpc) is 2.72. The largest absolute Gasteiger partial charge is 0.507 e. The number of aromatic hydroxyl groups is 1. The monoisotopic (exact) mass is 401 g/mol. The van der Waals surface area contributed by atoms with Gasteiger partial charge in [0.2, 0.25) is 0 Å². The fourth-order valence-corrected chi connectivity index (χ4v) is 3.91. The molecular formula is C22H31N3O4. The quantitative estimate of drug-likeness (QED) is 0.764. The Morgan fingerprint density at radius 2 is 1.76 bits per heavy atom. The standard InChI is InChI=1S/C22H31N3O4/c1-16-15-19(26)20(22(27)25(16)13-14-28-3)21(24-11-9-23(2)10-12-24)17-5-7-18(29-4)8-6-17/h5-8,15,21,26H,9-14H2,1-4H3/t21-/m0/s1. The maximum absolute atomic E-state index is 13.4. The zero-order valence-corrected chi connectivity index (χ0v) is 17.7. The molecule has 1 aromatic carbocycles. The molecule has 1 saturated heterocycles. The van der Waals surface area contributed by atoms with Gasteiger partial charge in [0.1, 0.15) is 11.5 Å². The number of likely N-dealkylation sites (N-methyl/N-ethyl adjacent to an activating group) is 1. The molecule has 0 unspecified atom stereocenters. The average molecular weight is 402 g/mol. The van der Waals surface area contributed by atoms with E-state index in [0.29, 0.717) is 18.7 Å². The van der Waals surface area contributed by atoms with Gasteiger partial charge in [-0.05, 0) is 37.7 Å². The molecule has 1 atom stereocenters. The molecule has 1 aromatic heterocycles. The highest BCUT2D eigenvalue weighted by Crippen LogP contribution is 2.34. The van der Waals surface area contributed by atoms with E-state index in [4.69, 9.17) is 9.47 Å². The van der Waals surface area contributed by atoms with E-state index >= 15 is 0 Å². The third kappa shape index (κ3) is 4.63. The van der Waals surface area contributed by atoms with Crippen molar-refractivity contribution in [3.8, 4) is 11.5 Å². The maximum atomic E-state index is 13.4. The summed E-state index contributed by atoms with van der Waals surface area (Å²) in [5, 5.41) is 10.8. The maximum Gasteiger partial charge on any atom is 0.259 e. The number of nitrogens with zero attached hydrogens (tertiary/aromatic N) is 3. The molecule has 0 saturated carbocycles. The molecular weight excluding hydrogens is 370 g/mol. The van der Waals surface area contributed by atoms with Gasteiger partial charge in [-0.2, -0.15) is 0 Å². The Bertz CT molecular complexity index is 871. The van der Waals surface area contributed by atoms with Gasteiger partial charge in [0.15, 0.2) is 0 Å². The van der Waals surface area contributed by atoms with Gasteiger partial charge >= 0.3 is 0 Å². The summed E-state index contributed by atoms with van der Waals surface area (Å²) < 4.78 is 12.1. The summed E-state index contributed by atoms with van der Waals surface area (Å²) in [4.78, 5) is 18.0. The summed E-state index contributed by atoms with van der Waals surface area (Å²) in [7, 11) is 5.35. The normalized spacial score (nSPS) is 16.7. The smallest absolute Gasteiger partial charge is 0.259 e. The SMILES string of the molecule is COCCn1c(C)cc(O)c([C@H](c2ccc(OC)cc2)N2CCN(C)CC2)c1=O. The van der Waals surface area contributed by atoms with Gasteiger partial charge in [-0.25, -0.2) is 0 Å². The van der Waals surface area contributed by atoms with Crippen LogP contribution in [-0.2, 0) is 11.3 Å². The minimum atomic E-state index is -0.323. The summed E-state index contributed by atoms with van der Waals surface area (Å²) >= 11 is 0. The second kappa shape index (κ2) is 9.43. The van der Waals surface area contributed by atoms with Crippen molar-refractivity contribution >= 4 is 0 Å². The Morgan fingerprint density at radius 3 is 2.34 bits per heavy atom. The van der Waals surface area contributed by atoms with E-state index in [1.165, 1.54) is 0 Å². The van der Waals surface area contributed by atoms with Crippen molar-refractivity contribution in [2.45, 2.75) is 19.5 Å². The Kier molecular flexibility index (Phi) is 6.95. The molecule has 7 nitrogen and oxygen atoms in total. The first-order chi connectivity index (χ1) is 14.0. The van der Waals surface area contributed by atoms with Crippen LogP contribution >= 0.6 is 0 Å². The van der Waals surface area contributed by atoms with Crippen LogP contribution in [0.25, 0.3) is 0 Å². The molecule has 29 heavy (non-hydrogen) atoms. The second-order valence-electron chi connectivity index (χ2n) is 7.55. The van der Waals surface area contributed by atoms with Crippen LogP contribution in [0, 0.1) is 6.92 Å². The van der Waals surface area contributed by atoms with Crippen LogP contribution in [0.4, 0.5) is 0 Å². The number of aromatic nitrogens is 1. The fourth-order valence-electron chi connectivity index (χ4n) is 3.91. The summed E-state index contributed by atoms with van der Waals surface area (Å²) in [6.07, 6.45) is 0. The van der Waals surface area contributed by atoms with E-state index in [2.05, 4.69) is 16.8 Å². The third-order valence-electron chi connectivity index (χ3n) is 5.65. The van der Waals surface area contributed by atoms with Crippen molar-refractivity contribution in [3.05, 3.63) is 57.5 Å². The minimum Gasteiger partial charge on any atom is -0.507 e. The highest BCUT2D eigenvalue weighted by Gasteiger charge is 2.30. The summed E-state index contributed by atoms with van der Waals surface area (Å²) in [5.41, 5.74) is 1.94. The molecule has 1 fully saturated rings. The van der Waals surface area contributed by atoms with Crippen molar-refractivity contribution in [1.29, 1.82) is 0 Å². The van der Waals surface area contributed by atoms with Crippen LogP contribution in [0.1, 0.15) is 22.9 Å². The number of hydrogen-bond donors (Lipinski definition) is 1. The number of piperazine rings is 1. The van der Waals surface area contributed by atoms with Crippen LogP contribution in [-0.4, -0.2) is 73.5 Å². The Hall–Kier alpha value is -2.35. The first-order valence-corrected chi connectivity index (χ1v) is 9.95. The van der Waals surface area contributed by atoms with Crippen molar-refractivity contribution in [2.75, 3.05) is 54.1 Å². The minimum absolute atomic E-state index is 0.0425. The van der Waals surface area contributed by atoms with E-state index in [1.807, 2.05) is 31.2 Å². The Labute approximate surface area is 172 Å². The zero-order chi connectivity index (χ0) is 21.0. The Balaban J connectivity index is 2.11. The lowest BCUT2D eigenvalue weighted by atomic mass is 9.96. The van der Waals surface area contributed by atoms with Gasteiger partial charge in [0.05, 0.1) is 25.3 Å². The molecule has 1 aliphatic rings. The molecule has 2 heterocycles. The first-order valence-electron chi connectivity index (χ1n) is 9.95. The predicted molar refractivity (Wildman–Crippen MR) is 113 cm³/mol. The molecule has 0 bridgehead atoms. The van der Waals surface area contributed by atoms with Crippen molar-refractivity contribution in [1.82, 2.24) is 14.4 Å². The molecule has 0 spiro atoms. The van der Waals surface area contributed by atoms with Crippen LogP contribution in [0.15, 0.2) is 35.1 Å². The fraction of sp³-hybridized carbons (Fsp3) is 0.500. The van der Waals surface area contributed by atoms with Gasteiger partial charge < -0.3 is 24.0 Å². The number of ether oxygens (including phenoxy) is 2. The van der Waals surface area contributed by atoms with Crippen LogP contribution in [0.3, 0.4) is 0 Å². The molecule has 2 aromatic rings. The molecule has 0 aliphatic carbocycles. The van der Waals surface area contributed by atoms with Crippen LogP contribution in [0.2, 0.25) is 0 Å². The predicted octanol–water partition coefficient (Wildman–Crippen LogP) is 1.85. The molecule has 7 heteroatoms. The van der Waals surface area contributed by atoms with Crippen LogP contribution < -0.4 is 10.3 Å². The third-order valence-corrected chi connectivity index (χ3v) is 5.65. The first kappa shape index (κ1) is 21.4. The second-order valence-corrected chi connectivity index (χ2v) is 7.55. The summed E-state index contributed by atoms with van der Waals surface area (Å²) in [5.74, 6) is 0.803. The molecule has 0 radical (unpaired) electrons. The number of pyridine rings is 1. The topological polar surface area (TPSA) is 67.2 Å². The lowest BCUT2D eigenvalue weighted by molar-refractivity contribution is 0.125. The molecule has 0 amide bonds. The van der Waals surface area contributed by atoms with E-state index < -0.39 is 0 Å². The van der Waals surface area contributed by atoms with Gasteiger partial charge in [0, 0.05) is 45.5 Å². The molecule has 3 rings (SSSR count). The number of aryl methyl sites for hydroxylation is 1. The van der Waals surface area contributed by atoms with E-state index in [9.17, 15) is 9.90 Å². The highest BCUT2D eigenvalue weighted by molar-refractivity contribution is 5.42.